The van der Waals surface area contributed by atoms with E-state index in [1.807, 2.05) is 38.2 Å². The minimum atomic E-state index is -0.213. The van der Waals surface area contributed by atoms with E-state index in [1.165, 1.54) is 11.6 Å². The quantitative estimate of drug-likeness (QED) is 0.882. The van der Waals surface area contributed by atoms with Gasteiger partial charge in [0.2, 0.25) is 0 Å². The molecule has 21 heavy (non-hydrogen) atoms. The second-order valence-electron chi connectivity index (χ2n) is 5.58. The van der Waals surface area contributed by atoms with Crippen LogP contribution in [0.25, 0.3) is 0 Å². The van der Waals surface area contributed by atoms with Gasteiger partial charge >= 0.3 is 0 Å². The molecule has 2 aromatic rings. The van der Waals surface area contributed by atoms with Crippen molar-refractivity contribution in [2.45, 2.75) is 25.4 Å². The first kappa shape index (κ1) is 15.7. The summed E-state index contributed by atoms with van der Waals surface area (Å²) in [5, 5.41) is 0. The molecule has 0 saturated carbocycles. The van der Waals surface area contributed by atoms with Crippen LogP contribution < -0.4 is 5.73 Å². The van der Waals surface area contributed by atoms with Gasteiger partial charge in [0.15, 0.2) is 0 Å². The number of hydrogen-bond acceptors (Lipinski definition) is 2. The lowest BCUT2D eigenvalue weighted by atomic mass is 9.99. The molecule has 0 aliphatic carbocycles. The Morgan fingerprint density at radius 2 is 1.81 bits per heavy atom. The molecule has 0 spiro atoms. The number of rotatable bonds is 6. The minimum absolute atomic E-state index is 0.0180. The molecule has 0 aliphatic rings. The van der Waals surface area contributed by atoms with Gasteiger partial charge in [0.05, 0.1) is 0 Å². The number of nitrogens with two attached hydrogens (primary N) is 1. The molecule has 0 aromatic heterocycles. The van der Waals surface area contributed by atoms with Crippen LogP contribution >= 0.6 is 0 Å². The molecule has 0 heterocycles. The summed E-state index contributed by atoms with van der Waals surface area (Å²) in [5.41, 5.74) is 8.35. The van der Waals surface area contributed by atoms with Gasteiger partial charge in [0.1, 0.15) is 5.82 Å². The van der Waals surface area contributed by atoms with Crippen LogP contribution in [0.15, 0.2) is 54.6 Å². The zero-order valence-corrected chi connectivity index (χ0v) is 12.7. The zero-order chi connectivity index (χ0) is 15.2. The first-order valence-corrected chi connectivity index (χ1v) is 7.33. The van der Waals surface area contributed by atoms with Crippen LogP contribution in [0.2, 0.25) is 0 Å². The Morgan fingerprint density at radius 1 is 1.10 bits per heavy atom. The van der Waals surface area contributed by atoms with Crippen molar-refractivity contribution in [2.75, 3.05) is 13.6 Å². The van der Waals surface area contributed by atoms with Gasteiger partial charge in [-0.2, -0.15) is 0 Å². The lowest BCUT2D eigenvalue weighted by molar-refractivity contribution is 0.221. The summed E-state index contributed by atoms with van der Waals surface area (Å²) < 4.78 is 13.4. The molecule has 0 saturated heterocycles. The van der Waals surface area contributed by atoms with E-state index in [0.29, 0.717) is 0 Å². The largest absolute Gasteiger partial charge is 0.326 e. The predicted molar refractivity (Wildman–Crippen MR) is 85.6 cm³/mol. The van der Waals surface area contributed by atoms with E-state index >= 15 is 0 Å². The molecule has 3 heteroatoms. The third kappa shape index (κ3) is 4.38. The van der Waals surface area contributed by atoms with Crippen LogP contribution in [-0.2, 0) is 6.42 Å². The fourth-order valence-corrected chi connectivity index (χ4v) is 2.74. The van der Waals surface area contributed by atoms with E-state index in [1.54, 1.807) is 12.1 Å². The highest BCUT2D eigenvalue weighted by molar-refractivity contribution is 5.22. The fourth-order valence-electron chi connectivity index (χ4n) is 2.74. The highest BCUT2D eigenvalue weighted by Gasteiger charge is 2.21. The average molecular weight is 286 g/mol. The Hall–Kier alpha value is -1.71. The molecule has 0 aliphatic heterocycles. The Bertz CT molecular complexity index is 554. The lowest BCUT2D eigenvalue weighted by Crippen LogP contribution is -2.38. The number of likely N-dealkylation sites (N-methyl/N-ethyl adjacent to an activating group) is 1. The van der Waals surface area contributed by atoms with Crippen LogP contribution in [-0.4, -0.2) is 24.5 Å². The standard InChI is InChI=1S/C18H23FN2/c1-14(20)18(16-9-6-10-17(19)13-16)21(2)12-11-15-7-4-3-5-8-15/h3-10,13-14,18H,11-12,20H2,1-2H3. The van der Waals surface area contributed by atoms with Crippen LogP contribution in [0.4, 0.5) is 4.39 Å². The average Bonchev–Trinajstić information content (AvgIpc) is 2.46. The summed E-state index contributed by atoms with van der Waals surface area (Å²) in [5.74, 6) is -0.213. The fraction of sp³-hybridized carbons (Fsp3) is 0.333. The molecule has 0 bridgehead atoms. The van der Waals surface area contributed by atoms with Crippen molar-refractivity contribution in [1.82, 2.24) is 4.90 Å². The van der Waals surface area contributed by atoms with Crippen molar-refractivity contribution in [3.05, 3.63) is 71.5 Å². The van der Waals surface area contributed by atoms with Crippen LogP contribution in [0.5, 0.6) is 0 Å². The normalized spacial score (nSPS) is 14.1. The highest BCUT2D eigenvalue weighted by Crippen LogP contribution is 2.23. The Balaban J connectivity index is 2.07. The Morgan fingerprint density at radius 3 is 2.43 bits per heavy atom. The topological polar surface area (TPSA) is 29.3 Å². The third-order valence-electron chi connectivity index (χ3n) is 3.76. The zero-order valence-electron chi connectivity index (χ0n) is 12.7. The van der Waals surface area contributed by atoms with Crippen molar-refractivity contribution in [3.63, 3.8) is 0 Å². The molecular formula is C18H23FN2. The van der Waals surface area contributed by atoms with Crippen LogP contribution in [0, 0.1) is 5.82 Å². The first-order valence-electron chi connectivity index (χ1n) is 7.33. The monoisotopic (exact) mass is 286 g/mol. The van der Waals surface area contributed by atoms with Gasteiger partial charge < -0.3 is 5.73 Å². The molecule has 2 aromatic carbocycles. The van der Waals surface area contributed by atoms with Crippen molar-refractivity contribution in [2.24, 2.45) is 5.73 Å². The molecule has 2 nitrogen and oxygen atoms in total. The number of hydrogen-bond donors (Lipinski definition) is 1. The molecule has 2 N–H and O–H groups in total. The van der Waals surface area contributed by atoms with E-state index < -0.39 is 0 Å². The highest BCUT2D eigenvalue weighted by atomic mass is 19.1. The predicted octanol–water partition coefficient (Wildman–Crippen LogP) is 3.39. The van der Waals surface area contributed by atoms with E-state index in [9.17, 15) is 4.39 Å². The molecular weight excluding hydrogens is 263 g/mol. The maximum absolute atomic E-state index is 13.4. The summed E-state index contributed by atoms with van der Waals surface area (Å²) in [4.78, 5) is 2.20. The van der Waals surface area contributed by atoms with Gasteiger partial charge in [-0.3, -0.25) is 4.90 Å². The summed E-state index contributed by atoms with van der Waals surface area (Å²) >= 11 is 0. The summed E-state index contributed by atoms with van der Waals surface area (Å²) in [6.45, 7) is 2.85. The van der Waals surface area contributed by atoms with E-state index in [2.05, 4.69) is 17.0 Å². The van der Waals surface area contributed by atoms with E-state index in [0.717, 1.165) is 18.5 Å². The van der Waals surface area contributed by atoms with Gasteiger partial charge in [-0.05, 0) is 43.7 Å². The molecule has 2 atom stereocenters. The van der Waals surface area contributed by atoms with Gasteiger partial charge in [-0.15, -0.1) is 0 Å². The van der Waals surface area contributed by atoms with Crippen LogP contribution in [0.3, 0.4) is 0 Å². The number of benzene rings is 2. The molecule has 0 amide bonds. The van der Waals surface area contributed by atoms with Crippen molar-refractivity contribution >= 4 is 0 Å². The number of halogens is 1. The Labute approximate surface area is 126 Å². The second-order valence-corrected chi connectivity index (χ2v) is 5.58. The number of nitrogens with zero attached hydrogens (tertiary/aromatic N) is 1. The molecule has 112 valence electrons. The van der Waals surface area contributed by atoms with Crippen molar-refractivity contribution in [1.29, 1.82) is 0 Å². The third-order valence-corrected chi connectivity index (χ3v) is 3.76. The van der Waals surface area contributed by atoms with E-state index in [4.69, 9.17) is 5.73 Å². The van der Waals surface area contributed by atoms with Gasteiger partial charge in [-0.1, -0.05) is 42.5 Å². The summed E-state index contributed by atoms with van der Waals surface area (Å²) in [7, 11) is 2.04. The lowest BCUT2D eigenvalue weighted by Gasteiger charge is -2.31. The Kier molecular flexibility index (Phi) is 5.48. The SMILES string of the molecule is CC(N)C(c1cccc(F)c1)N(C)CCc1ccccc1. The van der Waals surface area contributed by atoms with Crippen LogP contribution in [0.1, 0.15) is 24.1 Å². The maximum atomic E-state index is 13.4. The van der Waals surface area contributed by atoms with Crippen molar-refractivity contribution in [3.8, 4) is 0 Å². The molecule has 0 fully saturated rings. The first-order chi connectivity index (χ1) is 10.1. The minimum Gasteiger partial charge on any atom is -0.326 e. The maximum Gasteiger partial charge on any atom is 0.123 e. The van der Waals surface area contributed by atoms with E-state index in [-0.39, 0.29) is 17.9 Å². The molecule has 2 rings (SSSR count). The molecule has 2 unspecified atom stereocenters. The van der Waals surface area contributed by atoms with Gasteiger partial charge in [0, 0.05) is 18.6 Å². The summed E-state index contributed by atoms with van der Waals surface area (Å²) in [6, 6.07) is 17.0. The smallest absolute Gasteiger partial charge is 0.123 e. The van der Waals surface area contributed by atoms with Gasteiger partial charge in [0.25, 0.3) is 0 Å². The molecule has 0 radical (unpaired) electrons. The summed E-state index contributed by atoms with van der Waals surface area (Å²) in [6.07, 6.45) is 0.954. The second kappa shape index (κ2) is 7.34. The van der Waals surface area contributed by atoms with Crippen molar-refractivity contribution < 1.29 is 4.39 Å². The van der Waals surface area contributed by atoms with Gasteiger partial charge in [-0.25, -0.2) is 4.39 Å².